The second kappa shape index (κ2) is 6.15. The van der Waals surface area contributed by atoms with Crippen molar-refractivity contribution < 1.29 is 0 Å². The molecule has 106 valence electrons. The van der Waals surface area contributed by atoms with Crippen LogP contribution in [0.5, 0.6) is 0 Å². The number of benzene rings is 1. The maximum atomic E-state index is 6.15. The summed E-state index contributed by atoms with van der Waals surface area (Å²) in [4.78, 5) is 2.58. The quantitative estimate of drug-likeness (QED) is 0.903. The SMILES string of the molecule is CCC1CCC(C)N1c1ccc(Cl)cc1CC(C)N. The number of rotatable bonds is 4. The molecule has 0 bridgehead atoms. The number of hydrogen-bond donors (Lipinski definition) is 1. The fourth-order valence-corrected chi connectivity index (χ4v) is 3.42. The van der Waals surface area contributed by atoms with E-state index in [-0.39, 0.29) is 6.04 Å². The average molecular weight is 281 g/mol. The lowest BCUT2D eigenvalue weighted by molar-refractivity contribution is 0.622. The molecule has 0 spiro atoms. The van der Waals surface area contributed by atoms with Crippen molar-refractivity contribution in [2.75, 3.05) is 4.90 Å². The van der Waals surface area contributed by atoms with Gasteiger partial charge in [-0.25, -0.2) is 0 Å². The van der Waals surface area contributed by atoms with Crippen LogP contribution in [0.2, 0.25) is 5.02 Å². The van der Waals surface area contributed by atoms with Gasteiger partial charge >= 0.3 is 0 Å². The van der Waals surface area contributed by atoms with Gasteiger partial charge in [0.2, 0.25) is 0 Å². The zero-order valence-corrected chi connectivity index (χ0v) is 13.0. The molecule has 0 aliphatic carbocycles. The van der Waals surface area contributed by atoms with Crippen LogP contribution in [0.1, 0.15) is 45.6 Å². The molecule has 1 aromatic rings. The summed E-state index contributed by atoms with van der Waals surface area (Å²) in [6, 6.07) is 7.68. The van der Waals surface area contributed by atoms with Gasteiger partial charge in [0.1, 0.15) is 0 Å². The minimum absolute atomic E-state index is 0.162. The van der Waals surface area contributed by atoms with E-state index in [0.717, 1.165) is 11.4 Å². The molecule has 1 aromatic carbocycles. The maximum Gasteiger partial charge on any atom is 0.0410 e. The second-order valence-corrected chi connectivity index (χ2v) is 6.29. The second-order valence-electron chi connectivity index (χ2n) is 5.85. The Labute approximate surface area is 121 Å². The Balaban J connectivity index is 2.37. The predicted molar refractivity (Wildman–Crippen MR) is 84.1 cm³/mol. The van der Waals surface area contributed by atoms with Gasteiger partial charge in [-0.3, -0.25) is 0 Å². The van der Waals surface area contributed by atoms with Crippen LogP contribution in [0.15, 0.2) is 18.2 Å². The molecule has 0 radical (unpaired) electrons. The fraction of sp³-hybridized carbons (Fsp3) is 0.625. The Morgan fingerprint density at radius 2 is 2.16 bits per heavy atom. The van der Waals surface area contributed by atoms with Crippen LogP contribution >= 0.6 is 11.6 Å². The van der Waals surface area contributed by atoms with Gasteiger partial charge in [0.05, 0.1) is 0 Å². The van der Waals surface area contributed by atoms with Gasteiger partial charge in [0.15, 0.2) is 0 Å². The molecule has 2 N–H and O–H groups in total. The standard InChI is InChI=1S/C16H25ClN2/c1-4-15-7-5-12(3)19(15)16-8-6-14(17)10-13(16)9-11(2)18/h6,8,10-12,15H,4-5,7,9,18H2,1-3H3. The number of anilines is 1. The molecule has 2 rings (SSSR count). The zero-order chi connectivity index (χ0) is 14.0. The first kappa shape index (κ1) is 14.7. The molecular weight excluding hydrogens is 256 g/mol. The van der Waals surface area contributed by atoms with Crippen molar-refractivity contribution in [1.29, 1.82) is 0 Å². The predicted octanol–water partition coefficient (Wildman–Crippen LogP) is 4.00. The number of nitrogens with two attached hydrogens (primary N) is 1. The molecule has 3 heteroatoms. The van der Waals surface area contributed by atoms with Crippen LogP contribution in [-0.4, -0.2) is 18.1 Å². The van der Waals surface area contributed by atoms with Crippen LogP contribution in [0.3, 0.4) is 0 Å². The molecule has 19 heavy (non-hydrogen) atoms. The lowest BCUT2D eigenvalue weighted by Crippen LogP contribution is -2.35. The van der Waals surface area contributed by atoms with Crippen molar-refractivity contribution in [3.8, 4) is 0 Å². The molecule has 0 amide bonds. The number of halogens is 1. The van der Waals surface area contributed by atoms with Crippen LogP contribution in [-0.2, 0) is 6.42 Å². The molecule has 1 aliphatic rings. The first-order valence-electron chi connectivity index (χ1n) is 7.35. The van der Waals surface area contributed by atoms with Gasteiger partial charge in [0, 0.05) is 28.8 Å². The highest BCUT2D eigenvalue weighted by molar-refractivity contribution is 6.30. The largest absolute Gasteiger partial charge is 0.366 e. The molecule has 2 nitrogen and oxygen atoms in total. The van der Waals surface area contributed by atoms with Crippen LogP contribution in [0.25, 0.3) is 0 Å². The van der Waals surface area contributed by atoms with Gasteiger partial charge in [-0.05, 0) is 63.3 Å². The van der Waals surface area contributed by atoms with Gasteiger partial charge in [-0.1, -0.05) is 18.5 Å². The molecule has 3 atom stereocenters. The Bertz CT molecular complexity index is 431. The van der Waals surface area contributed by atoms with Gasteiger partial charge in [-0.2, -0.15) is 0 Å². The minimum Gasteiger partial charge on any atom is -0.366 e. The van der Waals surface area contributed by atoms with E-state index in [1.807, 2.05) is 6.07 Å². The summed E-state index contributed by atoms with van der Waals surface area (Å²) < 4.78 is 0. The van der Waals surface area contributed by atoms with E-state index in [9.17, 15) is 0 Å². The van der Waals surface area contributed by atoms with Crippen LogP contribution in [0.4, 0.5) is 5.69 Å². The van der Waals surface area contributed by atoms with E-state index >= 15 is 0 Å². The monoisotopic (exact) mass is 280 g/mol. The first-order valence-corrected chi connectivity index (χ1v) is 7.73. The van der Waals surface area contributed by atoms with E-state index in [1.165, 1.54) is 30.5 Å². The first-order chi connectivity index (χ1) is 9.02. The summed E-state index contributed by atoms with van der Waals surface area (Å²) in [5.74, 6) is 0. The van der Waals surface area contributed by atoms with E-state index in [1.54, 1.807) is 0 Å². The lowest BCUT2D eigenvalue weighted by Gasteiger charge is -2.32. The number of hydrogen-bond acceptors (Lipinski definition) is 2. The Morgan fingerprint density at radius 3 is 2.79 bits per heavy atom. The van der Waals surface area contributed by atoms with Gasteiger partial charge in [0.25, 0.3) is 0 Å². The Kier molecular flexibility index (Phi) is 4.75. The van der Waals surface area contributed by atoms with E-state index in [0.29, 0.717) is 12.1 Å². The average Bonchev–Trinajstić information content (AvgIpc) is 2.70. The fourth-order valence-electron chi connectivity index (χ4n) is 3.22. The minimum atomic E-state index is 0.162. The van der Waals surface area contributed by atoms with Crippen molar-refractivity contribution in [3.05, 3.63) is 28.8 Å². The summed E-state index contributed by atoms with van der Waals surface area (Å²) in [7, 11) is 0. The highest BCUT2D eigenvalue weighted by Gasteiger charge is 2.30. The topological polar surface area (TPSA) is 29.3 Å². The molecule has 0 saturated carbocycles. The van der Waals surface area contributed by atoms with E-state index in [4.69, 9.17) is 17.3 Å². The smallest absolute Gasteiger partial charge is 0.0410 e. The molecular formula is C16H25ClN2. The van der Waals surface area contributed by atoms with E-state index < -0.39 is 0 Å². The summed E-state index contributed by atoms with van der Waals surface area (Å²) >= 11 is 6.15. The van der Waals surface area contributed by atoms with Crippen LogP contribution in [0, 0.1) is 0 Å². The lowest BCUT2D eigenvalue weighted by atomic mass is 10.0. The van der Waals surface area contributed by atoms with E-state index in [2.05, 4.69) is 37.8 Å². The third-order valence-electron chi connectivity index (χ3n) is 4.12. The van der Waals surface area contributed by atoms with Crippen LogP contribution < -0.4 is 10.6 Å². The normalized spacial score (nSPS) is 24.8. The van der Waals surface area contributed by atoms with Crippen molar-refractivity contribution >= 4 is 17.3 Å². The molecule has 0 aromatic heterocycles. The highest BCUT2D eigenvalue weighted by Crippen LogP contribution is 2.35. The van der Waals surface area contributed by atoms with Crippen molar-refractivity contribution in [1.82, 2.24) is 0 Å². The third-order valence-corrected chi connectivity index (χ3v) is 4.35. The maximum absolute atomic E-state index is 6.15. The summed E-state index contributed by atoms with van der Waals surface area (Å²) in [6.45, 7) is 6.65. The molecule has 1 heterocycles. The van der Waals surface area contributed by atoms with Crippen molar-refractivity contribution in [3.63, 3.8) is 0 Å². The Morgan fingerprint density at radius 1 is 1.42 bits per heavy atom. The molecule has 1 aliphatic heterocycles. The zero-order valence-electron chi connectivity index (χ0n) is 12.2. The Hall–Kier alpha value is -0.730. The van der Waals surface area contributed by atoms with Crippen molar-refractivity contribution in [2.24, 2.45) is 5.73 Å². The van der Waals surface area contributed by atoms with Gasteiger partial charge in [-0.15, -0.1) is 0 Å². The summed E-state index contributed by atoms with van der Waals surface area (Å²) in [6.07, 6.45) is 4.65. The molecule has 1 fully saturated rings. The highest BCUT2D eigenvalue weighted by atomic mass is 35.5. The van der Waals surface area contributed by atoms with Crippen molar-refractivity contribution in [2.45, 2.75) is 64.6 Å². The molecule has 3 unspecified atom stereocenters. The number of nitrogens with zero attached hydrogens (tertiary/aromatic N) is 1. The summed E-state index contributed by atoms with van der Waals surface area (Å²) in [5, 5.41) is 0.805. The summed E-state index contributed by atoms with van der Waals surface area (Å²) in [5.41, 5.74) is 8.60. The van der Waals surface area contributed by atoms with Gasteiger partial charge < -0.3 is 10.6 Å². The molecule has 1 saturated heterocycles. The third kappa shape index (κ3) is 3.24.